The second-order valence-electron chi connectivity index (χ2n) is 3.87. The molecule has 3 nitrogen and oxygen atoms in total. The van der Waals surface area contributed by atoms with Crippen LogP contribution >= 0.6 is 0 Å². The number of aliphatic hydroxyl groups is 1. The van der Waals surface area contributed by atoms with Crippen LogP contribution in [0.4, 0.5) is 0 Å². The third kappa shape index (κ3) is 3.53. The molecule has 0 saturated heterocycles. The zero-order valence-electron chi connectivity index (χ0n) is 8.78. The van der Waals surface area contributed by atoms with Gasteiger partial charge in [-0.2, -0.15) is 0 Å². The molecular formula is C12H17NO2. The first-order valence-corrected chi connectivity index (χ1v) is 5.44. The van der Waals surface area contributed by atoms with E-state index in [1.165, 1.54) is 18.4 Å². The Bertz CT molecular complexity index is 310. The monoisotopic (exact) mass is 207 g/mol. The number of hydrogen-bond donors (Lipinski definition) is 2. The first kappa shape index (κ1) is 10.5. The summed E-state index contributed by atoms with van der Waals surface area (Å²) in [4.78, 5) is 0. The summed E-state index contributed by atoms with van der Waals surface area (Å²) in [7, 11) is 0. The lowest BCUT2D eigenvalue weighted by molar-refractivity contribution is 0.201. The molecule has 1 saturated carbocycles. The van der Waals surface area contributed by atoms with E-state index < -0.39 is 0 Å². The van der Waals surface area contributed by atoms with E-state index in [0.29, 0.717) is 6.61 Å². The molecule has 0 aromatic heterocycles. The topological polar surface area (TPSA) is 41.5 Å². The average Bonchev–Trinajstić information content (AvgIpc) is 3.08. The van der Waals surface area contributed by atoms with Gasteiger partial charge in [0.1, 0.15) is 12.4 Å². The molecule has 1 fully saturated rings. The van der Waals surface area contributed by atoms with Gasteiger partial charge in [0.25, 0.3) is 0 Å². The highest BCUT2D eigenvalue weighted by atomic mass is 16.5. The predicted octanol–water partition coefficient (Wildman–Crippen LogP) is 1.31. The Morgan fingerprint density at radius 1 is 1.40 bits per heavy atom. The third-order valence-electron chi connectivity index (χ3n) is 2.43. The lowest BCUT2D eigenvalue weighted by Crippen LogP contribution is -2.15. The zero-order chi connectivity index (χ0) is 10.5. The van der Waals surface area contributed by atoms with Gasteiger partial charge < -0.3 is 15.2 Å². The van der Waals surface area contributed by atoms with Crippen LogP contribution in [-0.2, 0) is 6.54 Å². The Balaban J connectivity index is 1.85. The summed E-state index contributed by atoms with van der Waals surface area (Å²) < 4.78 is 5.34. The molecule has 1 aliphatic carbocycles. The molecule has 0 aliphatic heterocycles. The Morgan fingerprint density at radius 3 is 3.00 bits per heavy atom. The molecule has 1 aromatic rings. The fourth-order valence-corrected chi connectivity index (χ4v) is 1.46. The number of nitrogens with one attached hydrogen (secondary N) is 1. The molecule has 1 aromatic carbocycles. The molecule has 3 heteroatoms. The number of benzene rings is 1. The van der Waals surface area contributed by atoms with Gasteiger partial charge in [-0.3, -0.25) is 0 Å². The highest BCUT2D eigenvalue weighted by Crippen LogP contribution is 2.20. The predicted molar refractivity (Wildman–Crippen MR) is 58.9 cm³/mol. The van der Waals surface area contributed by atoms with Crippen LogP contribution in [0.15, 0.2) is 24.3 Å². The maximum atomic E-state index is 8.64. The maximum Gasteiger partial charge on any atom is 0.119 e. The normalized spacial score (nSPS) is 15.3. The first-order valence-electron chi connectivity index (χ1n) is 5.44. The summed E-state index contributed by atoms with van der Waals surface area (Å²) in [5.74, 6) is 0.833. The van der Waals surface area contributed by atoms with Crippen molar-refractivity contribution in [3.05, 3.63) is 29.8 Å². The molecule has 0 spiro atoms. The van der Waals surface area contributed by atoms with Gasteiger partial charge in [0.2, 0.25) is 0 Å². The molecule has 0 unspecified atom stereocenters. The first-order chi connectivity index (χ1) is 7.38. The molecule has 2 N–H and O–H groups in total. The van der Waals surface area contributed by atoms with E-state index in [1.807, 2.05) is 18.2 Å². The molecule has 82 valence electrons. The maximum absolute atomic E-state index is 8.64. The van der Waals surface area contributed by atoms with Crippen molar-refractivity contribution in [3.63, 3.8) is 0 Å². The van der Waals surface area contributed by atoms with E-state index in [9.17, 15) is 0 Å². The SMILES string of the molecule is OCCOc1cccc(CNC2CC2)c1. The number of aliphatic hydroxyl groups excluding tert-OH is 1. The Kier molecular flexibility index (Phi) is 3.59. The smallest absolute Gasteiger partial charge is 0.119 e. The van der Waals surface area contributed by atoms with Gasteiger partial charge in [0.05, 0.1) is 6.61 Å². The summed E-state index contributed by atoms with van der Waals surface area (Å²) in [6.07, 6.45) is 2.61. The molecular weight excluding hydrogens is 190 g/mol. The van der Waals surface area contributed by atoms with Gasteiger partial charge in [0, 0.05) is 12.6 Å². The minimum absolute atomic E-state index is 0.0601. The Hall–Kier alpha value is -1.06. The van der Waals surface area contributed by atoms with Crippen LogP contribution in [0.25, 0.3) is 0 Å². The van der Waals surface area contributed by atoms with Crippen molar-refractivity contribution in [2.75, 3.05) is 13.2 Å². The van der Waals surface area contributed by atoms with E-state index in [4.69, 9.17) is 9.84 Å². The van der Waals surface area contributed by atoms with Crippen LogP contribution in [-0.4, -0.2) is 24.4 Å². The average molecular weight is 207 g/mol. The second-order valence-corrected chi connectivity index (χ2v) is 3.87. The third-order valence-corrected chi connectivity index (χ3v) is 2.43. The van der Waals surface area contributed by atoms with Crippen molar-refractivity contribution >= 4 is 0 Å². The summed E-state index contributed by atoms with van der Waals surface area (Å²) in [5, 5.41) is 12.1. The van der Waals surface area contributed by atoms with Crippen molar-refractivity contribution in [2.45, 2.75) is 25.4 Å². The van der Waals surface area contributed by atoms with Crippen LogP contribution in [0.2, 0.25) is 0 Å². The van der Waals surface area contributed by atoms with Crippen molar-refractivity contribution in [3.8, 4) is 5.75 Å². The highest BCUT2D eigenvalue weighted by Gasteiger charge is 2.19. The fourth-order valence-electron chi connectivity index (χ4n) is 1.46. The summed E-state index contributed by atoms with van der Waals surface area (Å²) >= 11 is 0. The quantitative estimate of drug-likeness (QED) is 0.739. The van der Waals surface area contributed by atoms with Gasteiger partial charge in [-0.1, -0.05) is 12.1 Å². The molecule has 0 heterocycles. The van der Waals surface area contributed by atoms with Crippen LogP contribution < -0.4 is 10.1 Å². The molecule has 0 radical (unpaired) electrons. The van der Waals surface area contributed by atoms with Gasteiger partial charge in [-0.15, -0.1) is 0 Å². The summed E-state index contributed by atoms with van der Waals surface area (Å²) in [6, 6.07) is 8.73. The van der Waals surface area contributed by atoms with Crippen LogP contribution in [0.3, 0.4) is 0 Å². The van der Waals surface area contributed by atoms with Crippen molar-refractivity contribution in [1.29, 1.82) is 0 Å². The molecule has 0 amide bonds. The molecule has 15 heavy (non-hydrogen) atoms. The van der Waals surface area contributed by atoms with Crippen LogP contribution in [0, 0.1) is 0 Å². The number of rotatable bonds is 6. The number of ether oxygens (including phenoxy) is 1. The van der Waals surface area contributed by atoms with E-state index in [2.05, 4.69) is 11.4 Å². The van der Waals surface area contributed by atoms with Crippen molar-refractivity contribution in [2.24, 2.45) is 0 Å². The van der Waals surface area contributed by atoms with E-state index in [0.717, 1.165) is 18.3 Å². The lowest BCUT2D eigenvalue weighted by Gasteiger charge is -2.07. The Morgan fingerprint density at radius 2 is 2.27 bits per heavy atom. The van der Waals surface area contributed by atoms with E-state index in [-0.39, 0.29) is 6.61 Å². The highest BCUT2D eigenvalue weighted by molar-refractivity contribution is 5.28. The Labute approximate surface area is 90.1 Å². The minimum Gasteiger partial charge on any atom is -0.491 e. The number of hydrogen-bond acceptors (Lipinski definition) is 3. The summed E-state index contributed by atoms with van der Waals surface area (Å²) in [6.45, 7) is 1.32. The van der Waals surface area contributed by atoms with Crippen molar-refractivity contribution < 1.29 is 9.84 Å². The lowest BCUT2D eigenvalue weighted by atomic mass is 10.2. The van der Waals surface area contributed by atoms with Crippen LogP contribution in [0.1, 0.15) is 18.4 Å². The van der Waals surface area contributed by atoms with Crippen molar-refractivity contribution in [1.82, 2.24) is 5.32 Å². The van der Waals surface area contributed by atoms with Gasteiger partial charge in [-0.25, -0.2) is 0 Å². The fraction of sp³-hybridized carbons (Fsp3) is 0.500. The van der Waals surface area contributed by atoms with Gasteiger partial charge in [-0.05, 0) is 30.5 Å². The second kappa shape index (κ2) is 5.14. The van der Waals surface area contributed by atoms with Crippen LogP contribution in [0.5, 0.6) is 5.75 Å². The zero-order valence-corrected chi connectivity index (χ0v) is 8.78. The molecule has 2 rings (SSSR count). The molecule has 0 bridgehead atoms. The summed E-state index contributed by atoms with van der Waals surface area (Å²) in [5.41, 5.74) is 1.23. The van der Waals surface area contributed by atoms with Gasteiger partial charge >= 0.3 is 0 Å². The molecule has 1 aliphatic rings. The van der Waals surface area contributed by atoms with E-state index in [1.54, 1.807) is 0 Å². The van der Waals surface area contributed by atoms with Gasteiger partial charge in [0.15, 0.2) is 0 Å². The standard InChI is InChI=1S/C12H17NO2/c14-6-7-15-12-3-1-2-10(8-12)9-13-11-4-5-11/h1-3,8,11,13-14H,4-7,9H2. The largest absolute Gasteiger partial charge is 0.491 e. The van der Waals surface area contributed by atoms with E-state index >= 15 is 0 Å². The minimum atomic E-state index is 0.0601. The molecule has 0 atom stereocenters.